The monoisotopic (exact) mass is 373 g/mol. The van der Waals surface area contributed by atoms with Gasteiger partial charge in [0.15, 0.2) is 0 Å². The summed E-state index contributed by atoms with van der Waals surface area (Å²) in [6, 6.07) is 17.5. The van der Waals surface area contributed by atoms with E-state index in [0.29, 0.717) is 19.4 Å². The molecule has 142 valence electrons. The lowest BCUT2D eigenvalue weighted by molar-refractivity contribution is -0.166. The number of piperazine rings is 1. The second-order valence-corrected chi connectivity index (χ2v) is 7.82. The Morgan fingerprint density at radius 2 is 1.82 bits per heavy atom. The van der Waals surface area contributed by atoms with Crippen molar-refractivity contribution in [2.24, 2.45) is 0 Å². The smallest absolute Gasteiger partial charge is 0.253 e. The number of para-hydroxylation sites is 1. The average molecular weight is 373 g/mol. The molecule has 2 saturated heterocycles. The van der Waals surface area contributed by atoms with Gasteiger partial charge in [-0.15, -0.1) is 0 Å². The largest absolute Gasteiger partial charge is 0.361 e. The third kappa shape index (κ3) is 2.25. The summed E-state index contributed by atoms with van der Waals surface area (Å²) in [5.41, 5.74) is 2.09. The minimum Gasteiger partial charge on any atom is -0.361 e. The molecule has 0 radical (unpaired) electrons. The second-order valence-electron chi connectivity index (χ2n) is 7.82. The highest BCUT2D eigenvalue weighted by Crippen LogP contribution is 2.46. The highest BCUT2D eigenvalue weighted by atomic mass is 16.2. The number of carbonyl (C=O) groups is 2. The van der Waals surface area contributed by atoms with Crippen LogP contribution in [0.25, 0.3) is 10.9 Å². The van der Waals surface area contributed by atoms with Gasteiger partial charge in [0.25, 0.3) is 5.91 Å². The van der Waals surface area contributed by atoms with E-state index in [1.54, 1.807) is 11.9 Å². The molecule has 2 aromatic carbocycles. The summed E-state index contributed by atoms with van der Waals surface area (Å²) >= 11 is 0. The first-order chi connectivity index (χ1) is 13.6. The fourth-order valence-electron chi connectivity index (χ4n) is 4.99. The molecule has 3 aromatic rings. The Balaban J connectivity index is 1.59. The van der Waals surface area contributed by atoms with Crippen molar-refractivity contribution in [1.29, 1.82) is 0 Å². The first kappa shape index (κ1) is 17.0. The Kier molecular flexibility index (Phi) is 3.79. The Hall–Kier alpha value is -3.08. The molecule has 1 N–H and O–H groups in total. The number of carbonyl (C=O) groups excluding carboxylic acids is 2. The number of fused-ring (bicyclic) bond motifs is 2. The van der Waals surface area contributed by atoms with Gasteiger partial charge in [-0.2, -0.15) is 0 Å². The van der Waals surface area contributed by atoms with Crippen LogP contribution < -0.4 is 0 Å². The standard InChI is InChI=1S/C23H23N3O2/c1-25-20(14-16-8-3-2-4-9-16)21(27)26-13-7-12-23(26,22(25)28)18-15-24-19-11-6-5-10-17(18)19/h2-6,8-11,15,20,24H,7,12-14H2,1H3/t20-,23-/m1/s1. The summed E-state index contributed by atoms with van der Waals surface area (Å²) in [5, 5.41) is 1.02. The zero-order valence-electron chi connectivity index (χ0n) is 15.9. The van der Waals surface area contributed by atoms with E-state index in [1.165, 1.54) is 0 Å². The van der Waals surface area contributed by atoms with Gasteiger partial charge >= 0.3 is 0 Å². The third-order valence-electron chi connectivity index (χ3n) is 6.38. The number of benzene rings is 2. The molecular weight excluding hydrogens is 350 g/mol. The molecule has 5 rings (SSSR count). The lowest BCUT2D eigenvalue weighted by Crippen LogP contribution is -2.67. The maximum absolute atomic E-state index is 13.7. The summed E-state index contributed by atoms with van der Waals surface area (Å²) in [4.78, 5) is 34.1. The van der Waals surface area contributed by atoms with Crippen molar-refractivity contribution in [1.82, 2.24) is 14.8 Å². The molecule has 28 heavy (non-hydrogen) atoms. The van der Waals surface area contributed by atoms with Crippen LogP contribution in [0.15, 0.2) is 60.8 Å². The highest BCUT2D eigenvalue weighted by molar-refractivity contribution is 6.03. The van der Waals surface area contributed by atoms with E-state index >= 15 is 0 Å². The predicted octanol–water partition coefficient (Wildman–Crippen LogP) is 3.07. The van der Waals surface area contributed by atoms with Crippen molar-refractivity contribution in [3.8, 4) is 0 Å². The van der Waals surface area contributed by atoms with Crippen molar-refractivity contribution >= 4 is 22.7 Å². The van der Waals surface area contributed by atoms with Crippen LogP contribution in [-0.4, -0.2) is 46.2 Å². The molecule has 3 heterocycles. The van der Waals surface area contributed by atoms with Gasteiger partial charge < -0.3 is 14.8 Å². The van der Waals surface area contributed by atoms with Crippen molar-refractivity contribution in [3.05, 3.63) is 71.9 Å². The van der Waals surface area contributed by atoms with Crippen molar-refractivity contribution in [2.45, 2.75) is 30.8 Å². The number of nitrogens with one attached hydrogen (secondary N) is 1. The quantitative estimate of drug-likeness (QED) is 0.767. The number of likely N-dealkylation sites (N-methyl/N-ethyl adjacent to an activating group) is 1. The summed E-state index contributed by atoms with van der Waals surface area (Å²) in [5.74, 6) is 0.0732. The van der Waals surface area contributed by atoms with E-state index in [2.05, 4.69) is 4.98 Å². The molecule has 2 aliphatic heterocycles. The predicted molar refractivity (Wildman–Crippen MR) is 108 cm³/mol. The highest BCUT2D eigenvalue weighted by Gasteiger charge is 2.58. The topological polar surface area (TPSA) is 56.4 Å². The van der Waals surface area contributed by atoms with E-state index < -0.39 is 11.6 Å². The Bertz CT molecular complexity index is 1060. The van der Waals surface area contributed by atoms with Gasteiger partial charge in [0.2, 0.25) is 5.91 Å². The number of hydrogen-bond acceptors (Lipinski definition) is 2. The molecule has 2 fully saturated rings. The number of amides is 2. The number of rotatable bonds is 3. The van der Waals surface area contributed by atoms with Gasteiger partial charge in [0.1, 0.15) is 11.6 Å². The molecule has 1 aromatic heterocycles. The van der Waals surface area contributed by atoms with E-state index in [0.717, 1.165) is 28.5 Å². The second kappa shape index (κ2) is 6.23. The van der Waals surface area contributed by atoms with Crippen LogP contribution in [0.1, 0.15) is 24.0 Å². The molecule has 0 aliphatic carbocycles. The number of aromatic amines is 1. The SMILES string of the molecule is CN1C(=O)[C@]2(c3c[nH]c4ccccc34)CCCN2C(=O)[C@H]1Cc1ccccc1. The molecule has 2 amide bonds. The van der Waals surface area contributed by atoms with Crippen LogP contribution in [-0.2, 0) is 21.5 Å². The Morgan fingerprint density at radius 3 is 2.64 bits per heavy atom. The van der Waals surface area contributed by atoms with Crippen LogP contribution in [0.3, 0.4) is 0 Å². The minimum absolute atomic E-state index is 0.0234. The summed E-state index contributed by atoms with van der Waals surface area (Å²) in [6.07, 6.45) is 3.96. The normalized spacial score (nSPS) is 24.8. The number of nitrogens with zero attached hydrogens (tertiary/aromatic N) is 2. The van der Waals surface area contributed by atoms with Crippen LogP contribution in [0.5, 0.6) is 0 Å². The fourth-order valence-corrected chi connectivity index (χ4v) is 4.99. The molecule has 2 aliphatic rings. The molecule has 5 nitrogen and oxygen atoms in total. The molecule has 0 unspecified atom stereocenters. The zero-order valence-corrected chi connectivity index (χ0v) is 15.9. The lowest BCUT2D eigenvalue weighted by atomic mass is 9.82. The summed E-state index contributed by atoms with van der Waals surface area (Å²) < 4.78 is 0. The van der Waals surface area contributed by atoms with E-state index in [-0.39, 0.29) is 11.8 Å². The fraction of sp³-hybridized carbons (Fsp3) is 0.304. The van der Waals surface area contributed by atoms with Crippen LogP contribution in [0, 0.1) is 0 Å². The summed E-state index contributed by atoms with van der Waals surface area (Å²) in [7, 11) is 1.78. The van der Waals surface area contributed by atoms with Crippen molar-refractivity contribution in [2.75, 3.05) is 13.6 Å². The lowest BCUT2D eigenvalue weighted by Gasteiger charge is -2.48. The summed E-state index contributed by atoms with van der Waals surface area (Å²) in [6.45, 7) is 0.628. The molecule has 5 heteroatoms. The van der Waals surface area contributed by atoms with Crippen molar-refractivity contribution < 1.29 is 9.59 Å². The zero-order chi connectivity index (χ0) is 19.3. The molecule has 2 atom stereocenters. The van der Waals surface area contributed by atoms with E-state index in [9.17, 15) is 9.59 Å². The Labute approximate surface area is 163 Å². The van der Waals surface area contributed by atoms with Gasteiger partial charge in [-0.25, -0.2) is 0 Å². The van der Waals surface area contributed by atoms with Crippen LogP contribution in [0.2, 0.25) is 0 Å². The number of aromatic nitrogens is 1. The van der Waals surface area contributed by atoms with E-state index in [1.807, 2.05) is 65.7 Å². The maximum Gasteiger partial charge on any atom is 0.253 e. The van der Waals surface area contributed by atoms with Gasteiger partial charge in [-0.1, -0.05) is 48.5 Å². The first-order valence-electron chi connectivity index (χ1n) is 9.82. The van der Waals surface area contributed by atoms with Crippen LogP contribution in [0.4, 0.5) is 0 Å². The number of H-pyrrole nitrogens is 1. The van der Waals surface area contributed by atoms with Gasteiger partial charge in [0.05, 0.1) is 0 Å². The Morgan fingerprint density at radius 1 is 1.07 bits per heavy atom. The third-order valence-corrected chi connectivity index (χ3v) is 6.38. The van der Waals surface area contributed by atoms with Gasteiger partial charge in [0, 0.05) is 42.7 Å². The molecular formula is C23H23N3O2. The van der Waals surface area contributed by atoms with Crippen LogP contribution >= 0.6 is 0 Å². The van der Waals surface area contributed by atoms with Gasteiger partial charge in [-0.3, -0.25) is 9.59 Å². The average Bonchev–Trinajstić information content (AvgIpc) is 3.35. The molecule has 0 saturated carbocycles. The molecule has 0 spiro atoms. The minimum atomic E-state index is -0.890. The van der Waals surface area contributed by atoms with E-state index in [4.69, 9.17) is 0 Å². The maximum atomic E-state index is 13.7. The van der Waals surface area contributed by atoms with Crippen molar-refractivity contribution in [3.63, 3.8) is 0 Å². The molecule has 0 bridgehead atoms. The first-order valence-corrected chi connectivity index (χ1v) is 9.82. The van der Waals surface area contributed by atoms with Gasteiger partial charge in [-0.05, 0) is 24.5 Å². The number of hydrogen-bond donors (Lipinski definition) is 1.